The van der Waals surface area contributed by atoms with Crippen molar-refractivity contribution < 1.29 is 29.0 Å². The fraction of sp³-hybridized carbons (Fsp3) is 0.707. The Balaban J connectivity index is 1.31. The Morgan fingerprint density at radius 1 is 0.917 bits per heavy atom. The van der Waals surface area contributed by atoms with E-state index in [-0.39, 0.29) is 75.0 Å². The van der Waals surface area contributed by atoms with Crippen LogP contribution in [0.3, 0.4) is 0 Å². The van der Waals surface area contributed by atoms with Gasteiger partial charge in [0.25, 0.3) is 0 Å². The number of amides is 1. The minimum absolute atomic E-state index is 0.0178. The van der Waals surface area contributed by atoms with Crippen molar-refractivity contribution >= 4 is 23.6 Å². The maximum absolute atomic E-state index is 14.7. The predicted molar refractivity (Wildman–Crippen MR) is 185 cm³/mol. The highest BCUT2D eigenvalue weighted by atomic mass is 16.5. The minimum Gasteiger partial charge on any atom is -0.480 e. The third-order valence-electron chi connectivity index (χ3n) is 15.3. The van der Waals surface area contributed by atoms with E-state index in [1.807, 2.05) is 43.3 Å². The van der Waals surface area contributed by atoms with E-state index < -0.39 is 17.4 Å². The molecule has 6 rings (SSSR count). The summed E-state index contributed by atoms with van der Waals surface area (Å²) >= 11 is 0. The normalized spacial score (nSPS) is 42.1. The van der Waals surface area contributed by atoms with Gasteiger partial charge in [0, 0.05) is 30.1 Å². The summed E-state index contributed by atoms with van der Waals surface area (Å²) in [6.07, 6.45) is 9.90. The average molecular weight is 660 g/mol. The molecule has 4 saturated carbocycles. The van der Waals surface area contributed by atoms with Crippen LogP contribution in [-0.4, -0.2) is 40.9 Å². The van der Waals surface area contributed by atoms with Crippen LogP contribution in [0.15, 0.2) is 42.0 Å². The first-order valence-corrected chi connectivity index (χ1v) is 18.3. The largest absolute Gasteiger partial charge is 0.480 e. The molecule has 0 bridgehead atoms. The zero-order chi connectivity index (χ0) is 35.1. The summed E-state index contributed by atoms with van der Waals surface area (Å²) in [5, 5.41) is 13.0. The van der Waals surface area contributed by atoms with E-state index in [1.165, 1.54) is 12.5 Å². The standard InChI is InChI=1S/C41H57NO6/c1-25(43)48-32-15-16-39(6)31(36(32,2)3)14-17-41(8)33(39)30(44)23-27-28-24-38(5,19-18-37(28,4)20-21-40(27,41)7)35(47)42-29(34(45)46)22-26-12-10-9-11-13-26/h9-13,23,28-29,31-33H,14-22,24H2,1-8H3,(H,42,47)(H,45,46)/t28-,29?,31-,32-,33+,37+,38-,39-,40+,41+/m0/s1. The molecule has 1 amide bonds. The molecule has 4 fully saturated rings. The van der Waals surface area contributed by atoms with Crippen LogP contribution < -0.4 is 5.32 Å². The Morgan fingerprint density at radius 3 is 2.23 bits per heavy atom. The lowest BCUT2D eigenvalue weighted by atomic mass is 9.33. The summed E-state index contributed by atoms with van der Waals surface area (Å²) in [6.45, 7) is 17.4. The number of carbonyl (C=O) groups excluding carboxylic acids is 3. The number of nitrogens with one attached hydrogen (secondary N) is 1. The third kappa shape index (κ3) is 5.19. The number of ketones is 1. The number of hydrogen-bond acceptors (Lipinski definition) is 5. The van der Waals surface area contributed by atoms with Crippen molar-refractivity contribution in [2.75, 3.05) is 0 Å². The van der Waals surface area contributed by atoms with Gasteiger partial charge in [-0.15, -0.1) is 0 Å². The van der Waals surface area contributed by atoms with Crippen LogP contribution in [0.4, 0.5) is 0 Å². The first-order chi connectivity index (χ1) is 22.3. The zero-order valence-electron chi connectivity index (χ0n) is 30.4. The fourth-order valence-electron chi connectivity index (χ4n) is 12.2. The number of carboxylic acid groups (broad SMARTS) is 1. The first-order valence-electron chi connectivity index (χ1n) is 18.3. The summed E-state index contributed by atoms with van der Waals surface area (Å²) in [6, 6.07) is 8.43. The Bertz CT molecular complexity index is 1530. The predicted octanol–water partition coefficient (Wildman–Crippen LogP) is 7.71. The smallest absolute Gasteiger partial charge is 0.326 e. The van der Waals surface area contributed by atoms with Gasteiger partial charge in [-0.3, -0.25) is 14.4 Å². The van der Waals surface area contributed by atoms with Gasteiger partial charge in [0.15, 0.2) is 5.78 Å². The number of fused-ring (bicyclic) bond motifs is 7. The maximum Gasteiger partial charge on any atom is 0.326 e. The molecule has 1 aromatic rings. The monoisotopic (exact) mass is 659 g/mol. The number of aliphatic carboxylic acids is 1. The molecule has 5 aliphatic rings. The molecule has 0 aromatic heterocycles. The fourth-order valence-corrected chi connectivity index (χ4v) is 12.2. The van der Waals surface area contributed by atoms with Gasteiger partial charge >= 0.3 is 11.9 Å². The summed E-state index contributed by atoms with van der Waals surface area (Å²) in [5.74, 6) is -1.03. The number of carbonyl (C=O) groups is 4. The topological polar surface area (TPSA) is 110 Å². The van der Waals surface area contributed by atoms with Gasteiger partial charge in [-0.2, -0.15) is 0 Å². The molecule has 0 heterocycles. The Labute approximate surface area is 287 Å². The number of hydrogen-bond donors (Lipinski definition) is 2. The molecule has 7 heteroatoms. The van der Waals surface area contributed by atoms with Crippen molar-refractivity contribution in [3.8, 4) is 0 Å². The second-order valence-electron chi connectivity index (χ2n) is 18.3. The maximum atomic E-state index is 14.7. The number of allylic oxidation sites excluding steroid dienone is 2. The average Bonchev–Trinajstić information content (AvgIpc) is 3.00. The minimum atomic E-state index is -1.03. The quantitative estimate of drug-likeness (QED) is 0.303. The molecule has 262 valence electrons. The lowest BCUT2D eigenvalue weighted by Crippen LogP contribution is -2.67. The molecular formula is C41H57NO6. The van der Waals surface area contributed by atoms with Crippen LogP contribution in [0, 0.1) is 50.2 Å². The Morgan fingerprint density at radius 2 is 1.58 bits per heavy atom. The second-order valence-corrected chi connectivity index (χ2v) is 18.3. The van der Waals surface area contributed by atoms with Crippen molar-refractivity contribution in [3.63, 3.8) is 0 Å². The number of rotatable bonds is 6. The Hall–Kier alpha value is -2.96. The van der Waals surface area contributed by atoms with Crippen molar-refractivity contribution in [2.45, 2.75) is 132 Å². The van der Waals surface area contributed by atoms with Gasteiger partial charge in [-0.05, 0) is 103 Å². The first kappa shape index (κ1) is 34.9. The highest BCUT2D eigenvalue weighted by Gasteiger charge is 2.70. The molecule has 1 aromatic carbocycles. The third-order valence-corrected chi connectivity index (χ3v) is 15.3. The molecule has 5 aliphatic carbocycles. The van der Waals surface area contributed by atoms with Crippen LogP contribution in [-0.2, 0) is 30.3 Å². The van der Waals surface area contributed by atoms with Crippen molar-refractivity contribution in [3.05, 3.63) is 47.5 Å². The molecule has 7 nitrogen and oxygen atoms in total. The van der Waals surface area contributed by atoms with E-state index >= 15 is 0 Å². The zero-order valence-corrected chi connectivity index (χ0v) is 30.4. The number of carboxylic acids is 1. The molecule has 1 unspecified atom stereocenters. The molecule has 0 aliphatic heterocycles. The van der Waals surface area contributed by atoms with Crippen molar-refractivity contribution in [2.24, 2.45) is 50.2 Å². The SMILES string of the molecule is CC(=O)O[C@H]1CC[C@]2(C)[C@H]3C(=O)C=C4[C@@H]5C[C@@](C)(C(=O)NC(Cc6ccccc6)C(=O)O)CC[C@]5(C)CC[C@@]4(C)[C@]3(C)CC[C@H]2C1(C)C. The summed E-state index contributed by atoms with van der Waals surface area (Å²) in [7, 11) is 0. The lowest BCUT2D eigenvalue weighted by Gasteiger charge is -2.70. The van der Waals surface area contributed by atoms with E-state index in [2.05, 4.69) is 46.9 Å². The highest BCUT2D eigenvalue weighted by molar-refractivity contribution is 5.96. The molecular weight excluding hydrogens is 602 g/mol. The number of esters is 1. The van der Waals surface area contributed by atoms with Crippen molar-refractivity contribution in [1.82, 2.24) is 5.32 Å². The van der Waals surface area contributed by atoms with E-state index in [0.29, 0.717) is 12.8 Å². The van der Waals surface area contributed by atoms with E-state index in [0.717, 1.165) is 50.5 Å². The van der Waals surface area contributed by atoms with E-state index in [9.17, 15) is 24.3 Å². The van der Waals surface area contributed by atoms with Crippen molar-refractivity contribution in [1.29, 1.82) is 0 Å². The molecule has 10 atom stereocenters. The van der Waals surface area contributed by atoms with Crippen LogP contribution in [0.2, 0.25) is 0 Å². The molecule has 0 saturated heterocycles. The number of benzene rings is 1. The Kier molecular flexibility index (Phi) is 8.40. The van der Waals surface area contributed by atoms with Crippen LogP contribution in [0.25, 0.3) is 0 Å². The van der Waals surface area contributed by atoms with Crippen LogP contribution in [0.5, 0.6) is 0 Å². The van der Waals surface area contributed by atoms with Gasteiger partial charge < -0.3 is 15.2 Å². The lowest BCUT2D eigenvalue weighted by molar-refractivity contribution is -0.210. The summed E-state index contributed by atoms with van der Waals surface area (Å²) < 4.78 is 5.87. The molecule has 48 heavy (non-hydrogen) atoms. The van der Waals surface area contributed by atoms with Gasteiger partial charge in [-0.1, -0.05) is 84.4 Å². The van der Waals surface area contributed by atoms with Gasteiger partial charge in [0.05, 0.1) is 0 Å². The summed E-state index contributed by atoms with van der Waals surface area (Å²) in [5.41, 5.74) is 0.484. The number of ether oxygens (including phenoxy) is 1. The van der Waals surface area contributed by atoms with Crippen LogP contribution in [0.1, 0.15) is 119 Å². The molecule has 0 radical (unpaired) electrons. The highest BCUT2D eigenvalue weighted by Crippen LogP contribution is 2.75. The van der Waals surface area contributed by atoms with E-state index in [1.54, 1.807) is 0 Å². The second kappa shape index (κ2) is 11.6. The van der Waals surface area contributed by atoms with Crippen LogP contribution >= 0.6 is 0 Å². The van der Waals surface area contributed by atoms with Gasteiger partial charge in [0.1, 0.15) is 12.1 Å². The van der Waals surface area contributed by atoms with Gasteiger partial charge in [-0.25, -0.2) is 4.79 Å². The van der Waals surface area contributed by atoms with Gasteiger partial charge in [0.2, 0.25) is 5.91 Å². The summed E-state index contributed by atoms with van der Waals surface area (Å²) in [4.78, 5) is 53.1. The molecule has 0 spiro atoms. The van der Waals surface area contributed by atoms with E-state index in [4.69, 9.17) is 4.74 Å². The molecule has 2 N–H and O–H groups in total.